The SMILES string of the molecule is Clc1ccnc(-c2sccc2Br)n1. The third-order valence-corrected chi connectivity index (χ3v) is 3.49. The summed E-state index contributed by atoms with van der Waals surface area (Å²) in [5, 5.41) is 2.44. The van der Waals surface area contributed by atoms with Gasteiger partial charge in [0, 0.05) is 10.7 Å². The number of aromatic nitrogens is 2. The van der Waals surface area contributed by atoms with Crippen molar-refractivity contribution in [3.8, 4) is 10.7 Å². The molecule has 0 radical (unpaired) electrons. The van der Waals surface area contributed by atoms with Crippen molar-refractivity contribution in [2.75, 3.05) is 0 Å². The average Bonchev–Trinajstić information content (AvgIpc) is 2.51. The molecular weight excluding hydrogens is 272 g/mol. The van der Waals surface area contributed by atoms with Gasteiger partial charge in [-0.05, 0) is 33.4 Å². The van der Waals surface area contributed by atoms with Gasteiger partial charge in [0.25, 0.3) is 0 Å². The molecule has 0 aliphatic carbocycles. The van der Waals surface area contributed by atoms with E-state index < -0.39 is 0 Å². The lowest BCUT2D eigenvalue weighted by molar-refractivity contribution is 1.18. The molecule has 2 heterocycles. The van der Waals surface area contributed by atoms with Crippen LogP contribution in [0.2, 0.25) is 5.15 Å². The Kier molecular flexibility index (Phi) is 2.62. The Bertz CT molecular complexity index is 430. The second-order valence-corrected chi connectivity index (χ2v) is 4.46. The average molecular weight is 276 g/mol. The molecule has 66 valence electrons. The van der Waals surface area contributed by atoms with E-state index in [0.29, 0.717) is 11.0 Å². The molecule has 2 aromatic heterocycles. The van der Waals surface area contributed by atoms with Gasteiger partial charge in [0.2, 0.25) is 0 Å². The Morgan fingerprint density at radius 2 is 2.23 bits per heavy atom. The molecule has 0 fully saturated rings. The van der Waals surface area contributed by atoms with Crippen LogP contribution in [-0.4, -0.2) is 9.97 Å². The minimum absolute atomic E-state index is 0.463. The molecule has 0 aliphatic rings. The summed E-state index contributed by atoms with van der Waals surface area (Å²) in [6.45, 7) is 0. The lowest BCUT2D eigenvalue weighted by atomic mass is 10.4. The number of thiophene rings is 1. The smallest absolute Gasteiger partial charge is 0.172 e. The lowest BCUT2D eigenvalue weighted by Gasteiger charge is -1.96. The highest BCUT2D eigenvalue weighted by molar-refractivity contribution is 9.10. The Hall–Kier alpha value is -0.450. The van der Waals surface area contributed by atoms with Gasteiger partial charge in [-0.25, -0.2) is 9.97 Å². The zero-order chi connectivity index (χ0) is 9.26. The van der Waals surface area contributed by atoms with Crippen molar-refractivity contribution >= 4 is 38.9 Å². The van der Waals surface area contributed by atoms with E-state index in [1.165, 1.54) is 0 Å². The molecule has 0 amide bonds. The van der Waals surface area contributed by atoms with Crippen molar-refractivity contribution in [2.45, 2.75) is 0 Å². The highest BCUT2D eigenvalue weighted by Crippen LogP contribution is 2.31. The van der Waals surface area contributed by atoms with Crippen molar-refractivity contribution in [1.82, 2.24) is 9.97 Å². The van der Waals surface area contributed by atoms with Crippen LogP contribution in [0.25, 0.3) is 10.7 Å². The van der Waals surface area contributed by atoms with Gasteiger partial charge in [0.15, 0.2) is 5.82 Å². The van der Waals surface area contributed by atoms with Gasteiger partial charge in [-0.2, -0.15) is 0 Å². The number of hydrogen-bond acceptors (Lipinski definition) is 3. The number of rotatable bonds is 1. The maximum Gasteiger partial charge on any atom is 0.172 e. The van der Waals surface area contributed by atoms with Gasteiger partial charge in [-0.1, -0.05) is 11.6 Å². The van der Waals surface area contributed by atoms with Crippen LogP contribution >= 0.6 is 38.9 Å². The Balaban J connectivity index is 2.53. The minimum atomic E-state index is 0.463. The monoisotopic (exact) mass is 274 g/mol. The number of halogens is 2. The van der Waals surface area contributed by atoms with Crippen LogP contribution in [0.4, 0.5) is 0 Å². The van der Waals surface area contributed by atoms with Crippen molar-refractivity contribution in [3.63, 3.8) is 0 Å². The quantitative estimate of drug-likeness (QED) is 0.743. The van der Waals surface area contributed by atoms with Crippen molar-refractivity contribution in [1.29, 1.82) is 0 Å². The largest absolute Gasteiger partial charge is 0.236 e. The molecule has 0 aromatic carbocycles. The summed E-state index contributed by atoms with van der Waals surface area (Å²) in [6, 6.07) is 3.62. The van der Waals surface area contributed by atoms with E-state index in [1.807, 2.05) is 11.4 Å². The van der Waals surface area contributed by atoms with Crippen LogP contribution in [0.5, 0.6) is 0 Å². The normalized spacial score (nSPS) is 10.3. The lowest BCUT2D eigenvalue weighted by Crippen LogP contribution is -1.85. The second kappa shape index (κ2) is 3.74. The molecule has 0 aliphatic heterocycles. The van der Waals surface area contributed by atoms with E-state index in [-0.39, 0.29) is 0 Å². The number of hydrogen-bond donors (Lipinski definition) is 0. The third-order valence-electron chi connectivity index (χ3n) is 1.44. The molecule has 2 nitrogen and oxygen atoms in total. The van der Waals surface area contributed by atoms with E-state index in [2.05, 4.69) is 25.9 Å². The van der Waals surface area contributed by atoms with E-state index in [9.17, 15) is 0 Å². The fraction of sp³-hybridized carbons (Fsp3) is 0. The zero-order valence-corrected chi connectivity index (χ0v) is 9.53. The highest BCUT2D eigenvalue weighted by Gasteiger charge is 2.07. The summed E-state index contributed by atoms with van der Waals surface area (Å²) >= 11 is 10.7. The second-order valence-electron chi connectivity index (χ2n) is 2.30. The molecule has 2 aromatic rings. The molecule has 0 saturated heterocycles. The van der Waals surface area contributed by atoms with Crippen molar-refractivity contribution in [2.24, 2.45) is 0 Å². The van der Waals surface area contributed by atoms with Crippen molar-refractivity contribution < 1.29 is 0 Å². The molecule has 0 spiro atoms. The first kappa shape index (κ1) is 9.12. The first-order chi connectivity index (χ1) is 6.27. The third kappa shape index (κ3) is 1.90. The molecule has 5 heteroatoms. The summed E-state index contributed by atoms with van der Waals surface area (Å²) in [6.07, 6.45) is 1.65. The molecule has 0 unspecified atom stereocenters. The highest BCUT2D eigenvalue weighted by atomic mass is 79.9. The Labute approximate surface area is 92.7 Å². The minimum Gasteiger partial charge on any atom is -0.236 e. The van der Waals surface area contributed by atoms with Crippen LogP contribution in [0.15, 0.2) is 28.2 Å². The van der Waals surface area contributed by atoms with Crippen molar-refractivity contribution in [3.05, 3.63) is 33.3 Å². The van der Waals surface area contributed by atoms with Crippen LogP contribution in [0, 0.1) is 0 Å². The van der Waals surface area contributed by atoms with Gasteiger partial charge in [-0.3, -0.25) is 0 Å². The molecule has 0 N–H and O–H groups in total. The first-order valence-electron chi connectivity index (χ1n) is 3.49. The standard InChI is InChI=1S/C8H4BrClN2S/c9-5-2-4-13-7(5)8-11-3-1-6(10)12-8/h1-4H. The predicted molar refractivity (Wildman–Crippen MR) is 58.1 cm³/mol. The van der Waals surface area contributed by atoms with E-state index in [4.69, 9.17) is 11.6 Å². The maximum atomic E-state index is 5.75. The van der Waals surface area contributed by atoms with E-state index in [0.717, 1.165) is 9.35 Å². The van der Waals surface area contributed by atoms with Gasteiger partial charge >= 0.3 is 0 Å². The topological polar surface area (TPSA) is 25.8 Å². The van der Waals surface area contributed by atoms with Gasteiger partial charge in [0.1, 0.15) is 5.15 Å². The van der Waals surface area contributed by atoms with E-state index in [1.54, 1.807) is 23.6 Å². The molecule has 2 rings (SSSR count). The summed E-state index contributed by atoms with van der Waals surface area (Å²) in [7, 11) is 0. The Morgan fingerprint density at radius 3 is 2.85 bits per heavy atom. The predicted octanol–water partition coefficient (Wildman–Crippen LogP) is 3.62. The van der Waals surface area contributed by atoms with E-state index >= 15 is 0 Å². The maximum absolute atomic E-state index is 5.75. The molecule has 0 atom stereocenters. The summed E-state index contributed by atoms with van der Waals surface area (Å²) < 4.78 is 1.000. The van der Waals surface area contributed by atoms with Gasteiger partial charge < -0.3 is 0 Å². The fourth-order valence-corrected chi connectivity index (χ4v) is 2.53. The fourth-order valence-electron chi connectivity index (χ4n) is 0.899. The van der Waals surface area contributed by atoms with Crippen LogP contribution < -0.4 is 0 Å². The molecular formula is C8H4BrClN2S. The first-order valence-corrected chi connectivity index (χ1v) is 5.54. The number of nitrogens with zero attached hydrogens (tertiary/aromatic N) is 2. The van der Waals surface area contributed by atoms with Crippen LogP contribution in [-0.2, 0) is 0 Å². The zero-order valence-electron chi connectivity index (χ0n) is 6.37. The van der Waals surface area contributed by atoms with Crippen LogP contribution in [0.1, 0.15) is 0 Å². The van der Waals surface area contributed by atoms with Gasteiger partial charge in [0.05, 0.1) is 4.88 Å². The van der Waals surface area contributed by atoms with Gasteiger partial charge in [-0.15, -0.1) is 11.3 Å². The molecule has 13 heavy (non-hydrogen) atoms. The van der Waals surface area contributed by atoms with Crippen LogP contribution in [0.3, 0.4) is 0 Å². The summed E-state index contributed by atoms with van der Waals surface area (Å²) in [5.74, 6) is 0.661. The molecule has 0 saturated carbocycles. The summed E-state index contributed by atoms with van der Waals surface area (Å²) in [5.41, 5.74) is 0. The Morgan fingerprint density at radius 1 is 1.38 bits per heavy atom. The molecule has 0 bridgehead atoms. The summed E-state index contributed by atoms with van der Waals surface area (Å²) in [4.78, 5) is 9.24.